The van der Waals surface area contributed by atoms with Gasteiger partial charge in [0.1, 0.15) is 5.88 Å². The molecule has 60 valence electrons. The summed E-state index contributed by atoms with van der Waals surface area (Å²) in [6, 6.07) is 3.23. The molecule has 0 saturated heterocycles. The minimum Gasteiger partial charge on any atom is -0.331 e. The standard InChI is InChI=1S/C6H7NO3S/c8-4-6-2-1-3-7(6)5-11(9)10/h1-4H,5H2,(H,9,10). The number of aldehydes is 1. The van der Waals surface area contributed by atoms with Crippen molar-refractivity contribution in [3.63, 3.8) is 0 Å². The number of nitrogens with zero attached hydrogens (tertiary/aromatic N) is 1. The third kappa shape index (κ3) is 1.99. The van der Waals surface area contributed by atoms with Crippen LogP contribution in [0.5, 0.6) is 0 Å². The van der Waals surface area contributed by atoms with E-state index in [1.807, 2.05) is 0 Å². The minimum atomic E-state index is -1.90. The van der Waals surface area contributed by atoms with Gasteiger partial charge in [-0.1, -0.05) is 0 Å². The Morgan fingerprint density at radius 1 is 1.73 bits per heavy atom. The zero-order valence-electron chi connectivity index (χ0n) is 5.64. The fourth-order valence-corrected chi connectivity index (χ4v) is 1.24. The molecule has 11 heavy (non-hydrogen) atoms. The van der Waals surface area contributed by atoms with E-state index in [1.165, 1.54) is 4.57 Å². The number of carbonyl (C=O) groups is 1. The average molecular weight is 173 g/mol. The second-order valence-corrected chi connectivity index (χ2v) is 2.87. The Morgan fingerprint density at radius 3 is 3.00 bits per heavy atom. The molecule has 0 bridgehead atoms. The molecule has 0 spiro atoms. The molecule has 0 radical (unpaired) electrons. The van der Waals surface area contributed by atoms with E-state index < -0.39 is 11.1 Å². The molecule has 0 saturated carbocycles. The highest BCUT2D eigenvalue weighted by Crippen LogP contribution is 1.99. The average Bonchev–Trinajstić information content (AvgIpc) is 2.34. The maximum Gasteiger partial charge on any atom is 0.173 e. The lowest BCUT2D eigenvalue weighted by Crippen LogP contribution is -2.04. The normalized spacial score (nSPS) is 12.8. The second-order valence-electron chi connectivity index (χ2n) is 1.97. The van der Waals surface area contributed by atoms with Crippen LogP contribution < -0.4 is 0 Å². The first-order valence-electron chi connectivity index (χ1n) is 2.92. The van der Waals surface area contributed by atoms with E-state index in [9.17, 15) is 9.00 Å². The maximum atomic E-state index is 10.3. The third-order valence-electron chi connectivity index (χ3n) is 1.23. The summed E-state index contributed by atoms with van der Waals surface area (Å²) >= 11 is -1.90. The van der Waals surface area contributed by atoms with Gasteiger partial charge in [-0.3, -0.25) is 4.79 Å². The molecule has 0 aliphatic rings. The van der Waals surface area contributed by atoms with Crippen molar-refractivity contribution < 1.29 is 13.6 Å². The van der Waals surface area contributed by atoms with Crippen LogP contribution in [0.2, 0.25) is 0 Å². The molecule has 0 fully saturated rings. The van der Waals surface area contributed by atoms with E-state index in [4.69, 9.17) is 4.55 Å². The number of hydrogen-bond donors (Lipinski definition) is 1. The van der Waals surface area contributed by atoms with E-state index in [-0.39, 0.29) is 5.88 Å². The van der Waals surface area contributed by atoms with Gasteiger partial charge in [-0.2, -0.15) is 0 Å². The topological polar surface area (TPSA) is 59.3 Å². The van der Waals surface area contributed by atoms with Crippen LogP contribution >= 0.6 is 0 Å². The van der Waals surface area contributed by atoms with Crippen molar-refractivity contribution in [2.75, 3.05) is 0 Å². The minimum absolute atomic E-state index is 0.0545. The molecule has 1 rings (SSSR count). The van der Waals surface area contributed by atoms with E-state index in [0.717, 1.165) is 0 Å². The molecule has 5 heteroatoms. The zero-order valence-corrected chi connectivity index (χ0v) is 6.45. The third-order valence-corrected chi connectivity index (χ3v) is 1.73. The van der Waals surface area contributed by atoms with Crippen molar-refractivity contribution in [2.45, 2.75) is 5.88 Å². The van der Waals surface area contributed by atoms with E-state index in [2.05, 4.69) is 0 Å². The maximum absolute atomic E-state index is 10.3. The lowest BCUT2D eigenvalue weighted by Gasteiger charge is -1.99. The monoisotopic (exact) mass is 173 g/mol. The summed E-state index contributed by atoms with van der Waals surface area (Å²) in [5, 5.41) is 0. The number of aromatic nitrogens is 1. The number of rotatable bonds is 3. The van der Waals surface area contributed by atoms with Crippen molar-refractivity contribution in [3.05, 3.63) is 24.0 Å². The van der Waals surface area contributed by atoms with Crippen molar-refractivity contribution in [3.8, 4) is 0 Å². The predicted octanol–water partition coefficient (Wildman–Crippen LogP) is 0.480. The van der Waals surface area contributed by atoms with Gasteiger partial charge in [-0.15, -0.1) is 0 Å². The molecular formula is C6H7NO3S. The fraction of sp³-hybridized carbons (Fsp3) is 0.167. The summed E-state index contributed by atoms with van der Waals surface area (Å²) < 4.78 is 20.2. The van der Waals surface area contributed by atoms with Crippen molar-refractivity contribution in [1.29, 1.82) is 0 Å². The quantitative estimate of drug-likeness (QED) is 0.534. The molecule has 1 unspecified atom stereocenters. The molecule has 0 amide bonds. The van der Waals surface area contributed by atoms with Gasteiger partial charge in [0.15, 0.2) is 17.4 Å². The summed E-state index contributed by atoms with van der Waals surface area (Å²) in [6.45, 7) is 0. The van der Waals surface area contributed by atoms with Crippen molar-refractivity contribution >= 4 is 17.4 Å². The number of hydrogen-bond acceptors (Lipinski definition) is 2. The molecule has 1 atom stereocenters. The Labute approximate surface area is 66.1 Å². The van der Waals surface area contributed by atoms with Gasteiger partial charge in [0.2, 0.25) is 0 Å². The molecule has 1 N–H and O–H groups in total. The zero-order chi connectivity index (χ0) is 8.27. The molecule has 1 aromatic rings. The SMILES string of the molecule is O=Cc1cccn1CS(=O)O. The summed E-state index contributed by atoms with van der Waals surface area (Å²) in [6.07, 6.45) is 2.23. The Balaban J connectivity index is 2.84. The largest absolute Gasteiger partial charge is 0.331 e. The first-order chi connectivity index (χ1) is 5.24. The van der Waals surface area contributed by atoms with Crippen LogP contribution in [0.15, 0.2) is 18.3 Å². The van der Waals surface area contributed by atoms with Gasteiger partial charge in [0, 0.05) is 6.20 Å². The van der Waals surface area contributed by atoms with Gasteiger partial charge < -0.3 is 9.12 Å². The van der Waals surface area contributed by atoms with Gasteiger partial charge in [0.05, 0.1) is 5.69 Å². The van der Waals surface area contributed by atoms with Crippen molar-refractivity contribution in [1.82, 2.24) is 4.57 Å². The molecule has 1 heterocycles. The summed E-state index contributed by atoms with van der Waals surface area (Å²) in [5.41, 5.74) is 0.410. The number of carbonyl (C=O) groups excluding carboxylic acids is 1. The highest BCUT2D eigenvalue weighted by Gasteiger charge is 2.00. The smallest absolute Gasteiger partial charge is 0.173 e. The van der Waals surface area contributed by atoms with Crippen LogP contribution in [-0.4, -0.2) is 19.6 Å². The highest BCUT2D eigenvalue weighted by atomic mass is 32.2. The van der Waals surface area contributed by atoms with Crippen LogP contribution in [0.1, 0.15) is 10.5 Å². The molecule has 0 aliphatic carbocycles. The molecule has 4 nitrogen and oxygen atoms in total. The summed E-state index contributed by atoms with van der Waals surface area (Å²) in [7, 11) is 0. The Hall–Kier alpha value is -0.940. The second kappa shape index (κ2) is 3.45. The van der Waals surface area contributed by atoms with Crippen LogP contribution in [0.4, 0.5) is 0 Å². The molecule has 0 aliphatic heterocycles. The van der Waals surface area contributed by atoms with Crippen molar-refractivity contribution in [2.24, 2.45) is 0 Å². The van der Waals surface area contributed by atoms with Gasteiger partial charge in [-0.05, 0) is 12.1 Å². The first-order valence-corrected chi connectivity index (χ1v) is 4.19. The fourth-order valence-electron chi connectivity index (χ4n) is 0.771. The molecular weight excluding hydrogens is 166 g/mol. The highest BCUT2D eigenvalue weighted by molar-refractivity contribution is 7.78. The van der Waals surface area contributed by atoms with Crippen LogP contribution in [0, 0.1) is 0 Å². The predicted molar refractivity (Wildman–Crippen MR) is 40.6 cm³/mol. The molecule has 1 aromatic heterocycles. The summed E-state index contributed by atoms with van der Waals surface area (Å²) in [5.74, 6) is -0.0545. The molecule has 0 aromatic carbocycles. The lowest BCUT2D eigenvalue weighted by atomic mass is 10.5. The Bertz CT molecular complexity index is 281. The Morgan fingerprint density at radius 2 is 2.45 bits per heavy atom. The van der Waals surface area contributed by atoms with Crippen LogP contribution in [-0.2, 0) is 17.0 Å². The lowest BCUT2D eigenvalue weighted by molar-refractivity contribution is 0.111. The van der Waals surface area contributed by atoms with Gasteiger partial charge in [0.25, 0.3) is 0 Å². The summed E-state index contributed by atoms with van der Waals surface area (Å²) in [4.78, 5) is 10.3. The van der Waals surface area contributed by atoms with Gasteiger partial charge in [-0.25, -0.2) is 4.21 Å². The first kappa shape index (κ1) is 8.16. The van der Waals surface area contributed by atoms with E-state index in [0.29, 0.717) is 12.0 Å². The van der Waals surface area contributed by atoms with E-state index in [1.54, 1.807) is 18.3 Å². The van der Waals surface area contributed by atoms with Gasteiger partial charge >= 0.3 is 0 Å². The van der Waals surface area contributed by atoms with E-state index >= 15 is 0 Å². The Kier molecular flexibility index (Phi) is 2.56. The van der Waals surface area contributed by atoms with Crippen LogP contribution in [0.25, 0.3) is 0 Å². The van der Waals surface area contributed by atoms with Crippen LogP contribution in [0.3, 0.4) is 0 Å².